The summed E-state index contributed by atoms with van der Waals surface area (Å²) in [6.45, 7) is 6.61. The number of nitrogens with one attached hydrogen (secondary N) is 1. The molecule has 0 aliphatic carbocycles. The van der Waals surface area contributed by atoms with Crippen molar-refractivity contribution in [3.63, 3.8) is 0 Å². The Hall–Kier alpha value is -2.34. The van der Waals surface area contributed by atoms with Crippen LogP contribution in [0.2, 0.25) is 0 Å². The summed E-state index contributed by atoms with van der Waals surface area (Å²) in [5.74, 6) is 1.17. The fraction of sp³-hybridized carbons (Fsp3) is 0.300. The lowest BCUT2D eigenvalue weighted by atomic mass is 10.2. The standard InChI is InChI=1S/C20H23BrN2O3/c1-4-11-25-18-8-5-15(6-9-18)20(24)23-22-13-16-12-17(21)7-10-19(16)26-14(2)3/h5-10,12-14H,4,11H2,1-3H3,(H,23,24)/b22-13+. The number of ether oxygens (including phenoxy) is 2. The molecule has 0 saturated carbocycles. The molecular weight excluding hydrogens is 396 g/mol. The Kier molecular flexibility index (Phi) is 7.66. The van der Waals surface area contributed by atoms with Crippen LogP contribution in [0.4, 0.5) is 0 Å². The molecule has 26 heavy (non-hydrogen) atoms. The van der Waals surface area contributed by atoms with Crippen molar-refractivity contribution in [2.24, 2.45) is 5.10 Å². The summed E-state index contributed by atoms with van der Waals surface area (Å²) in [6.07, 6.45) is 2.56. The van der Waals surface area contributed by atoms with E-state index in [1.807, 2.05) is 39.0 Å². The maximum absolute atomic E-state index is 12.2. The van der Waals surface area contributed by atoms with Crippen LogP contribution in [0.1, 0.15) is 43.1 Å². The van der Waals surface area contributed by atoms with Gasteiger partial charge in [-0.05, 0) is 62.7 Å². The second-order valence-electron chi connectivity index (χ2n) is 5.92. The van der Waals surface area contributed by atoms with E-state index in [-0.39, 0.29) is 12.0 Å². The van der Waals surface area contributed by atoms with Gasteiger partial charge in [-0.25, -0.2) is 5.43 Å². The van der Waals surface area contributed by atoms with Gasteiger partial charge in [-0.2, -0.15) is 5.10 Å². The van der Waals surface area contributed by atoms with Crippen molar-refractivity contribution in [2.75, 3.05) is 6.61 Å². The maximum atomic E-state index is 12.2. The molecule has 0 heterocycles. The number of carbonyl (C=O) groups excluding carboxylic acids is 1. The van der Waals surface area contributed by atoms with Crippen LogP contribution in [0.3, 0.4) is 0 Å². The zero-order valence-corrected chi connectivity index (χ0v) is 16.7. The Labute approximate surface area is 162 Å². The zero-order chi connectivity index (χ0) is 18.9. The average Bonchev–Trinajstić information content (AvgIpc) is 2.62. The highest BCUT2D eigenvalue weighted by atomic mass is 79.9. The van der Waals surface area contributed by atoms with Gasteiger partial charge in [0.2, 0.25) is 0 Å². The summed E-state index contributed by atoms with van der Waals surface area (Å²) in [6, 6.07) is 12.6. The van der Waals surface area contributed by atoms with Gasteiger partial charge in [0.15, 0.2) is 0 Å². The molecule has 138 valence electrons. The quantitative estimate of drug-likeness (QED) is 0.495. The maximum Gasteiger partial charge on any atom is 0.271 e. The van der Waals surface area contributed by atoms with Crippen LogP contribution in [-0.4, -0.2) is 24.8 Å². The molecule has 0 atom stereocenters. The van der Waals surface area contributed by atoms with Crippen LogP contribution in [0.25, 0.3) is 0 Å². The number of hydrogen-bond acceptors (Lipinski definition) is 4. The minimum Gasteiger partial charge on any atom is -0.494 e. The summed E-state index contributed by atoms with van der Waals surface area (Å²) < 4.78 is 12.2. The van der Waals surface area contributed by atoms with Crippen molar-refractivity contribution in [1.29, 1.82) is 0 Å². The van der Waals surface area contributed by atoms with Crippen molar-refractivity contribution >= 4 is 28.1 Å². The van der Waals surface area contributed by atoms with Crippen LogP contribution >= 0.6 is 15.9 Å². The van der Waals surface area contributed by atoms with Crippen LogP contribution in [0, 0.1) is 0 Å². The summed E-state index contributed by atoms with van der Waals surface area (Å²) in [5, 5.41) is 4.04. The molecule has 0 saturated heterocycles. The Morgan fingerprint density at radius 1 is 1.23 bits per heavy atom. The van der Waals surface area contributed by atoms with E-state index in [0.717, 1.165) is 22.2 Å². The van der Waals surface area contributed by atoms with E-state index in [9.17, 15) is 4.79 Å². The predicted molar refractivity (Wildman–Crippen MR) is 107 cm³/mol. The first-order valence-electron chi connectivity index (χ1n) is 8.52. The van der Waals surface area contributed by atoms with E-state index in [0.29, 0.717) is 17.9 Å². The minimum atomic E-state index is -0.287. The van der Waals surface area contributed by atoms with Gasteiger partial charge in [-0.15, -0.1) is 0 Å². The molecule has 0 aliphatic heterocycles. The number of benzene rings is 2. The highest BCUT2D eigenvalue weighted by Crippen LogP contribution is 2.22. The Morgan fingerprint density at radius 3 is 2.62 bits per heavy atom. The van der Waals surface area contributed by atoms with Crippen LogP contribution < -0.4 is 14.9 Å². The number of hydrazone groups is 1. The smallest absolute Gasteiger partial charge is 0.271 e. The molecule has 2 aromatic carbocycles. The lowest BCUT2D eigenvalue weighted by molar-refractivity contribution is 0.0955. The largest absolute Gasteiger partial charge is 0.494 e. The number of rotatable bonds is 8. The van der Waals surface area contributed by atoms with Gasteiger partial charge in [-0.1, -0.05) is 22.9 Å². The van der Waals surface area contributed by atoms with Gasteiger partial charge >= 0.3 is 0 Å². The Morgan fingerprint density at radius 2 is 1.96 bits per heavy atom. The molecule has 0 aliphatic rings. The third-order valence-corrected chi connectivity index (χ3v) is 3.79. The van der Waals surface area contributed by atoms with E-state index in [1.165, 1.54) is 0 Å². The highest BCUT2D eigenvalue weighted by molar-refractivity contribution is 9.10. The average molecular weight is 419 g/mol. The first-order valence-corrected chi connectivity index (χ1v) is 9.31. The molecule has 1 N–H and O–H groups in total. The number of halogens is 1. The normalized spacial score (nSPS) is 11.0. The van der Waals surface area contributed by atoms with Gasteiger partial charge in [0, 0.05) is 15.6 Å². The van der Waals surface area contributed by atoms with E-state index in [2.05, 4.69) is 26.5 Å². The Balaban J connectivity index is 2.01. The molecule has 5 nitrogen and oxygen atoms in total. The molecule has 1 amide bonds. The third-order valence-electron chi connectivity index (χ3n) is 3.29. The molecule has 0 radical (unpaired) electrons. The number of amides is 1. The molecule has 0 spiro atoms. The zero-order valence-electron chi connectivity index (χ0n) is 15.2. The lowest BCUT2D eigenvalue weighted by Crippen LogP contribution is -2.17. The Bertz CT molecular complexity index is 758. The fourth-order valence-corrected chi connectivity index (χ4v) is 2.51. The van der Waals surface area contributed by atoms with Gasteiger partial charge in [0.05, 0.1) is 18.9 Å². The van der Waals surface area contributed by atoms with E-state index >= 15 is 0 Å². The van der Waals surface area contributed by atoms with Gasteiger partial charge in [-0.3, -0.25) is 4.79 Å². The van der Waals surface area contributed by atoms with Gasteiger partial charge in [0.1, 0.15) is 11.5 Å². The molecule has 6 heteroatoms. The summed E-state index contributed by atoms with van der Waals surface area (Å²) in [5.41, 5.74) is 3.82. The molecule has 2 aromatic rings. The lowest BCUT2D eigenvalue weighted by Gasteiger charge is -2.12. The summed E-state index contributed by atoms with van der Waals surface area (Å²) in [7, 11) is 0. The predicted octanol–water partition coefficient (Wildman–Crippen LogP) is 4.79. The van der Waals surface area contributed by atoms with Gasteiger partial charge < -0.3 is 9.47 Å². The van der Waals surface area contributed by atoms with E-state index in [1.54, 1.807) is 30.5 Å². The van der Waals surface area contributed by atoms with Crippen molar-refractivity contribution in [3.8, 4) is 11.5 Å². The SMILES string of the molecule is CCCOc1ccc(C(=O)N/N=C/c2cc(Br)ccc2OC(C)C)cc1. The molecule has 0 unspecified atom stereocenters. The van der Waals surface area contributed by atoms with E-state index in [4.69, 9.17) is 9.47 Å². The minimum absolute atomic E-state index is 0.0476. The molecule has 0 fully saturated rings. The first kappa shape index (κ1) is 20.0. The van der Waals surface area contributed by atoms with Gasteiger partial charge in [0.25, 0.3) is 5.91 Å². The van der Waals surface area contributed by atoms with Crippen LogP contribution in [-0.2, 0) is 0 Å². The molecule has 0 bridgehead atoms. The highest BCUT2D eigenvalue weighted by Gasteiger charge is 2.07. The topological polar surface area (TPSA) is 59.9 Å². The number of carbonyl (C=O) groups is 1. The number of nitrogens with zero attached hydrogens (tertiary/aromatic N) is 1. The second-order valence-corrected chi connectivity index (χ2v) is 6.84. The fourth-order valence-electron chi connectivity index (χ4n) is 2.13. The van der Waals surface area contributed by atoms with Crippen LogP contribution in [0.15, 0.2) is 52.0 Å². The molecule has 0 aromatic heterocycles. The third kappa shape index (κ3) is 6.19. The first-order chi connectivity index (χ1) is 12.5. The summed E-state index contributed by atoms with van der Waals surface area (Å²) in [4.78, 5) is 12.2. The monoisotopic (exact) mass is 418 g/mol. The van der Waals surface area contributed by atoms with Crippen molar-refractivity contribution in [1.82, 2.24) is 5.43 Å². The van der Waals surface area contributed by atoms with Crippen molar-refractivity contribution in [3.05, 3.63) is 58.1 Å². The van der Waals surface area contributed by atoms with Crippen molar-refractivity contribution < 1.29 is 14.3 Å². The van der Waals surface area contributed by atoms with Crippen molar-refractivity contribution in [2.45, 2.75) is 33.3 Å². The molecule has 2 rings (SSSR count). The molecular formula is C20H23BrN2O3. The number of hydrogen-bond donors (Lipinski definition) is 1. The second kappa shape index (κ2) is 9.97. The van der Waals surface area contributed by atoms with Crippen LogP contribution in [0.5, 0.6) is 11.5 Å². The summed E-state index contributed by atoms with van der Waals surface area (Å²) >= 11 is 3.43. The van der Waals surface area contributed by atoms with E-state index < -0.39 is 0 Å².